The minimum atomic E-state index is 0.575. The molecule has 1 heterocycles. The summed E-state index contributed by atoms with van der Waals surface area (Å²) in [5.74, 6) is 2.93. The second-order valence-electron chi connectivity index (χ2n) is 3.75. The molecule has 1 rings (SSSR count). The highest BCUT2D eigenvalue weighted by molar-refractivity contribution is 5.23. The van der Waals surface area contributed by atoms with Crippen LogP contribution in [0, 0.1) is 12.8 Å². The molecular weight excluding hydrogens is 176 g/mol. The topological polar surface area (TPSA) is 50.7 Å². The van der Waals surface area contributed by atoms with Gasteiger partial charge >= 0.3 is 0 Å². The summed E-state index contributed by atoms with van der Waals surface area (Å²) in [5, 5.41) is 3.10. The maximum absolute atomic E-state index is 4.33. The molecule has 0 spiro atoms. The van der Waals surface area contributed by atoms with Crippen molar-refractivity contribution in [2.24, 2.45) is 5.92 Å². The Balaban J connectivity index is 2.83. The first-order valence-electron chi connectivity index (χ1n) is 5.07. The minimum Gasteiger partial charge on any atom is -0.354 e. The Morgan fingerprint density at radius 2 is 1.93 bits per heavy atom. The van der Waals surface area contributed by atoms with Crippen LogP contribution in [0.5, 0.6) is 0 Å². The zero-order chi connectivity index (χ0) is 10.6. The minimum absolute atomic E-state index is 0.575. The first kappa shape index (κ1) is 10.9. The zero-order valence-electron chi connectivity index (χ0n) is 9.33. The van der Waals surface area contributed by atoms with Crippen molar-refractivity contribution in [1.82, 2.24) is 15.0 Å². The van der Waals surface area contributed by atoms with Crippen molar-refractivity contribution in [3.8, 4) is 0 Å². The van der Waals surface area contributed by atoms with Crippen LogP contribution in [-0.2, 0) is 6.42 Å². The lowest BCUT2D eigenvalue weighted by atomic mass is 10.1. The molecule has 0 fully saturated rings. The Bertz CT molecular complexity index is 296. The van der Waals surface area contributed by atoms with Crippen LogP contribution in [0.15, 0.2) is 0 Å². The molecule has 0 saturated carbocycles. The molecule has 0 aliphatic carbocycles. The Kier molecular flexibility index (Phi) is 3.80. The van der Waals surface area contributed by atoms with Crippen LogP contribution in [0.25, 0.3) is 0 Å². The molecule has 0 atom stereocenters. The number of anilines is 1. The first-order chi connectivity index (χ1) is 6.61. The third-order valence-electron chi connectivity index (χ3n) is 1.72. The van der Waals surface area contributed by atoms with E-state index in [1.807, 2.05) is 13.8 Å². The summed E-state index contributed by atoms with van der Waals surface area (Å²) in [6.45, 7) is 9.08. The predicted molar refractivity (Wildman–Crippen MR) is 57.3 cm³/mol. The van der Waals surface area contributed by atoms with Crippen molar-refractivity contribution in [1.29, 1.82) is 0 Å². The molecule has 4 nitrogen and oxygen atoms in total. The van der Waals surface area contributed by atoms with Gasteiger partial charge in [0, 0.05) is 13.0 Å². The highest BCUT2D eigenvalue weighted by Crippen LogP contribution is 2.05. The summed E-state index contributed by atoms with van der Waals surface area (Å²) in [6, 6.07) is 0. The second kappa shape index (κ2) is 4.88. The first-order valence-corrected chi connectivity index (χ1v) is 5.07. The van der Waals surface area contributed by atoms with Gasteiger partial charge in [-0.25, -0.2) is 4.98 Å². The highest BCUT2D eigenvalue weighted by atomic mass is 15.1. The van der Waals surface area contributed by atoms with E-state index in [-0.39, 0.29) is 0 Å². The zero-order valence-corrected chi connectivity index (χ0v) is 9.33. The van der Waals surface area contributed by atoms with E-state index in [1.54, 1.807) is 0 Å². The van der Waals surface area contributed by atoms with E-state index in [4.69, 9.17) is 0 Å². The SMILES string of the molecule is CCNc1nc(C)nc(CC(C)C)n1. The summed E-state index contributed by atoms with van der Waals surface area (Å²) < 4.78 is 0. The van der Waals surface area contributed by atoms with Crippen LogP contribution in [0.1, 0.15) is 32.4 Å². The van der Waals surface area contributed by atoms with Crippen LogP contribution in [0.4, 0.5) is 5.95 Å². The fourth-order valence-corrected chi connectivity index (χ4v) is 1.23. The van der Waals surface area contributed by atoms with E-state index in [9.17, 15) is 0 Å². The smallest absolute Gasteiger partial charge is 0.226 e. The van der Waals surface area contributed by atoms with Gasteiger partial charge in [0.15, 0.2) is 0 Å². The molecule has 0 amide bonds. The largest absolute Gasteiger partial charge is 0.354 e. The van der Waals surface area contributed by atoms with Gasteiger partial charge in [0.1, 0.15) is 11.6 Å². The molecule has 0 aromatic carbocycles. The van der Waals surface area contributed by atoms with E-state index in [0.29, 0.717) is 11.9 Å². The third-order valence-corrected chi connectivity index (χ3v) is 1.72. The van der Waals surface area contributed by atoms with Gasteiger partial charge in [-0.2, -0.15) is 9.97 Å². The van der Waals surface area contributed by atoms with E-state index < -0.39 is 0 Å². The van der Waals surface area contributed by atoms with Crippen molar-refractivity contribution < 1.29 is 0 Å². The number of rotatable bonds is 4. The summed E-state index contributed by atoms with van der Waals surface area (Å²) >= 11 is 0. The number of aryl methyl sites for hydroxylation is 1. The van der Waals surface area contributed by atoms with Crippen molar-refractivity contribution in [2.45, 2.75) is 34.1 Å². The molecule has 0 unspecified atom stereocenters. The Labute approximate surface area is 85.2 Å². The highest BCUT2D eigenvalue weighted by Gasteiger charge is 2.04. The molecule has 1 aromatic rings. The van der Waals surface area contributed by atoms with Crippen LogP contribution in [0.3, 0.4) is 0 Å². The van der Waals surface area contributed by atoms with E-state index in [2.05, 4.69) is 34.1 Å². The number of hydrogen-bond acceptors (Lipinski definition) is 4. The number of nitrogens with zero attached hydrogens (tertiary/aromatic N) is 3. The Morgan fingerprint density at radius 1 is 1.21 bits per heavy atom. The molecule has 14 heavy (non-hydrogen) atoms. The predicted octanol–water partition coefficient (Wildman–Crippen LogP) is 1.81. The van der Waals surface area contributed by atoms with E-state index in [0.717, 1.165) is 24.6 Å². The van der Waals surface area contributed by atoms with Gasteiger partial charge in [0.2, 0.25) is 5.95 Å². The number of hydrogen-bond donors (Lipinski definition) is 1. The van der Waals surface area contributed by atoms with Crippen LogP contribution in [-0.4, -0.2) is 21.5 Å². The van der Waals surface area contributed by atoms with Crippen molar-refractivity contribution in [3.63, 3.8) is 0 Å². The van der Waals surface area contributed by atoms with Gasteiger partial charge in [-0.1, -0.05) is 13.8 Å². The van der Waals surface area contributed by atoms with Gasteiger partial charge in [-0.05, 0) is 19.8 Å². The Morgan fingerprint density at radius 3 is 2.50 bits per heavy atom. The maximum atomic E-state index is 4.33. The maximum Gasteiger partial charge on any atom is 0.226 e. The van der Waals surface area contributed by atoms with Crippen LogP contribution >= 0.6 is 0 Å². The molecule has 1 aromatic heterocycles. The molecule has 0 aliphatic rings. The fourth-order valence-electron chi connectivity index (χ4n) is 1.23. The Hall–Kier alpha value is -1.19. The molecule has 0 saturated heterocycles. The molecule has 0 aliphatic heterocycles. The molecule has 4 heteroatoms. The standard InChI is InChI=1S/C10H18N4/c1-5-11-10-13-8(4)12-9(14-10)6-7(2)3/h7H,5-6H2,1-4H3,(H,11,12,13,14). The van der Waals surface area contributed by atoms with Crippen molar-refractivity contribution >= 4 is 5.95 Å². The number of nitrogens with one attached hydrogen (secondary N) is 1. The summed E-state index contributed by atoms with van der Waals surface area (Å²) in [6.07, 6.45) is 0.905. The lowest BCUT2D eigenvalue weighted by Gasteiger charge is -2.07. The average Bonchev–Trinajstić information content (AvgIpc) is 2.01. The molecule has 78 valence electrons. The molecule has 1 N–H and O–H groups in total. The summed E-state index contributed by atoms with van der Waals surface area (Å²) in [5.41, 5.74) is 0. The molecule has 0 radical (unpaired) electrons. The number of aromatic nitrogens is 3. The third kappa shape index (κ3) is 3.28. The van der Waals surface area contributed by atoms with E-state index >= 15 is 0 Å². The monoisotopic (exact) mass is 194 g/mol. The lowest BCUT2D eigenvalue weighted by molar-refractivity contribution is 0.615. The average molecular weight is 194 g/mol. The van der Waals surface area contributed by atoms with E-state index in [1.165, 1.54) is 0 Å². The van der Waals surface area contributed by atoms with Crippen molar-refractivity contribution in [2.75, 3.05) is 11.9 Å². The van der Waals surface area contributed by atoms with Gasteiger partial charge in [-0.3, -0.25) is 0 Å². The summed E-state index contributed by atoms with van der Waals surface area (Å²) in [7, 11) is 0. The fraction of sp³-hybridized carbons (Fsp3) is 0.700. The summed E-state index contributed by atoms with van der Waals surface area (Å²) in [4.78, 5) is 12.8. The normalized spacial score (nSPS) is 10.6. The van der Waals surface area contributed by atoms with Gasteiger partial charge < -0.3 is 5.32 Å². The van der Waals surface area contributed by atoms with Crippen molar-refractivity contribution in [3.05, 3.63) is 11.6 Å². The lowest BCUT2D eigenvalue weighted by Crippen LogP contribution is -2.09. The second-order valence-corrected chi connectivity index (χ2v) is 3.75. The van der Waals surface area contributed by atoms with Gasteiger partial charge in [0.25, 0.3) is 0 Å². The van der Waals surface area contributed by atoms with Crippen LogP contribution < -0.4 is 5.32 Å². The quantitative estimate of drug-likeness (QED) is 0.794. The van der Waals surface area contributed by atoms with Gasteiger partial charge in [0.05, 0.1) is 0 Å². The van der Waals surface area contributed by atoms with Crippen LogP contribution in [0.2, 0.25) is 0 Å². The van der Waals surface area contributed by atoms with Gasteiger partial charge in [-0.15, -0.1) is 0 Å². The molecule has 0 bridgehead atoms. The molecular formula is C10H18N4.